The lowest BCUT2D eigenvalue weighted by atomic mass is 10.0. The molecule has 0 amide bonds. The Morgan fingerprint density at radius 1 is 1.39 bits per heavy atom. The highest BCUT2D eigenvalue weighted by Gasteiger charge is 2.21. The predicted octanol–water partition coefficient (Wildman–Crippen LogP) is 1.22. The van der Waals surface area contributed by atoms with Gasteiger partial charge in [-0.2, -0.15) is 0 Å². The first-order chi connectivity index (χ1) is 11.2. The van der Waals surface area contributed by atoms with Crippen molar-refractivity contribution in [2.24, 2.45) is 4.99 Å². The molecule has 6 nitrogen and oxygen atoms in total. The highest BCUT2D eigenvalue weighted by atomic mass is 16.5. The van der Waals surface area contributed by atoms with E-state index in [9.17, 15) is 0 Å². The summed E-state index contributed by atoms with van der Waals surface area (Å²) in [6.07, 6.45) is 5.21. The molecule has 2 rings (SSSR count). The first-order valence-electron chi connectivity index (χ1n) is 9.13. The number of guanidine groups is 1. The SMILES string of the molecule is CCN1CCCCC1CNC(=NC)NC(C)COC1CCOC1. The standard InChI is InChI=1S/C17H34N4O2/c1-4-21-9-6-5-7-15(21)11-19-17(18-3)20-14(2)12-23-16-8-10-22-13-16/h14-16H,4-13H2,1-3H3,(H2,18,19,20). The quantitative estimate of drug-likeness (QED) is 0.544. The number of ether oxygens (including phenoxy) is 2. The van der Waals surface area contributed by atoms with Gasteiger partial charge in [-0.15, -0.1) is 0 Å². The summed E-state index contributed by atoms with van der Waals surface area (Å²) < 4.78 is 11.2. The third-order valence-electron chi connectivity index (χ3n) is 4.74. The second-order valence-electron chi connectivity index (χ2n) is 6.60. The summed E-state index contributed by atoms with van der Waals surface area (Å²) in [5.41, 5.74) is 0. The molecule has 6 heteroatoms. The first-order valence-corrected chi connectivity index (χ1v) is 9.13. The average molecular weight is 326 g/mol. The van der Waals surface area contributed by atoms with E-state index in [0.29, 0.717) is 12.6 Å². The third-order valence-corrected chi connectivity index (χ3v) is 4.74. The van der Waals surface area contributed by atoms with Crippen molar-refractivity contribution in [2.75, 3.05) is 46.5 Å². The van der Waals surface area contributed by atoms with Crippen molar-refractivity contribution in [1.82, 2.24) is 15.5 Å². The van der Waals surface area contributed by atoms with Gasteiger partial charge in [0.15, 0.2) is 5.96 Å². The lowest BCUT2D eigenvalue weighted by Gasteiger charge is -2.35. The predicted molar refractivity (Wildman–Crippen MR) is 94.0 cm³/mol. The third kappa shape index (κ3) is 6.28. The Bertz CT molecular complexity index is 359. The number of nitrogens with one attached hydrogen (secondary N) is 2. The van der Waals surface area contributed by atoms with Gasteiger partial charge in [-0.3, -0.25) is 9.89 Å². The molecule has 2 aliphatic rings. The molecule has 0 aromatic carbocycles. The molecule has 0 aromatic heterocycles. The normalized spacial score (nSPS) is 27.9. The van der Waals surface area contributed by atoms with Crippen LogP contribution in [0.5, 0.6) is 0 Å². The molecule has 0 aliphatic carbocycles. The zero-order valence-electron chi connectivity index (χ0n) is 15.0. The van der Waals surface area contributed by atoms with E-state index in [1.807, 2.05) is 7.05 Å². The van der Waals surface area contributed by atoms with Gasteiger partial charge in [0.2, 0.25) is 0 Å². The van der Waals surface area contributed by atoms with Crippen LogP contribution in [0.1, 0.15) is 39.5 Å². The van der Waals surface area contributed by atoms with Crippen molar-refractivity contribution in [1.29, 1.82) is 0 Å². The summed E-state index contributed by atoms with van der Waals surface area (Å²) in [6, 6.07) is 0.852. The number of nitrogens with zero attached hydrogens (tertiary/aromatic N) is 2. The molecule has 3 unspecified atom stereocenters. The lowest BCUT2D eigenvalue weighted by Crippen LogP contribution is -2.51. The van der Waals surface area contributed by atoms with Crippen LogP contribution in [0.25, 0.3) is 0 Å². The number of rotatable bonds is 7. The number of likely N-dealkylation sites (tertiary alicyclic amines) is 1. The van der Waals surface area contributed by atoms with Crippen LogP contribution in [0.2, 0.25) is 0 Å². The van der Waals surface area contributed by atoms with Gasteiger partial charge in [0.25, 0.3) is 0 Å². The largest absolute Gasteiger partial charge is 0.379 e. The summed E-state index contributed by atoms with van der Waals surface area (Å²) >= 11 is 0. The minimum Gasteiger partial charge on any atom is -0.379 e. The molecule has 134 valence electrons. The molecule has 2 saturated heterocycles. The van der Waals surface area contributed by atoms with E-state index in [1.54, 1.807) is 0 Å². The summed E-state index contributed by atoms with van der Waals surface area (Å²) in [6.45, 7) is 9.92. The topological polar surface area (TPSA) is 58.1 Å². The Balaban J connectivity index is 1.67. The van der Waals surface area contributed by atoms with Gasteiger partial charge in [0.1, 0.15) is 0 Å². The fraction of sp³-hybridized carbons (Fsp3) is 0.941. The van der Waals surface area contributed by atoms with E-state index >= 15 is 0 Å². The summed E-state index contributed by atoms with van der Waals surface area (Å²) in [4.78, 5) is 6.90. The molecule has 0 bridgehead atoms. The molecule has 2 aliphatic heterocycles. The van der Waals surface area contributed by atoms with Gasteiger partial charge in [0, 0.05) is 32.3 Å². The smallest absolute Gasteiger partial charge is 0.191 e. The van der Waals surface area contributed by atoms with Crippen LogP contribution in [0.15, 0.2) is 4.99 Å². The second kappa shape index (κ2) is 10.1. The van der Waals surface area contributed by atoms with Crippen molar-refractivity contribution in [3.05, 3.63) is 0 Å². The summed E-state index contributed by atoms with van der Waals surface area (Å²) in [5, 5.41) is 6.90. The zero-order valence-corrected chi connectivity index (χ0v) is 15.0. The van der Waals surface area contributed by atoms with Crippen LogP contribution in [0, 0.1) is 0 Å². The highest BCUT2D eigenvalue weighted by molar-refractivity contribution is 5.79. The monoisotopic (exact) mass is 326 g/mol. The molecule has 0 aromatic rings. The van der Waals surface area contributed by atoms with Gasteiger partial charge in [-0.05, 0) is 39.3 Å². The van der Waals surface area contributed by atoms with Gasteiger partial charge in [0.05, 0.1) is 19.3 Å². The van der Waals surface area contributed by atoms with Crippen LogP contribution in [0.3, 0.4) is 0 Å². The maximum absolute atomic E-state index is 5.86. The number of piperidine rings is 1. The fourth-order valence-electron chi connectivity index (χ4n) is 3.32. The molecule has 0 radical (unpaired) electrons. The zero-order chi connectivity index (χ0) is 16.5. The van der Waals surface area contributed by atoms with Crippen molar-refractivity contribution >= 4 is 5.96 Å². The maximum atomic E-state index is 5.86. The van der Waals surface area contributed by atoms with Crippen molar-refractivity contribution in [2.45, 2.75) is 57.7 Å². The van der Waals surface area contributed by atoms with Crippen LogP contribution in [0.4, 0.5) is 0 Å². The van der Waals surface area contributed by atoms with Crippen LogP contribution >= 0.6 is 0 Å². The first kappa shape index (κ1) is 18.5. The van der Waals surface area contributed by atoms with Crippen molar-refractivity contribution in [3.8, 4) is 0 Å². The molecule has 23 heavy (non-hydrogen) atoms. The number of aliphatic imine (C=N–C) groups is 1. The molecule has 2 heterocycles. The van der Waals surface area contributed by atoms with Crippen molar-refractivity contribution < 1.29 is 9.47 Å². The van der Waals surface area contributed by atoms with E-state index < -0.39 is 0 Å². The lowest BCUT2D eigenvalue weighted by molar-refractivity contribution is 0.0347. The molecular weight excluding hydrogens is 292 g/mol. The van der Waals surface area contributed by atoms with E-state index in [0.717, 1.165) is 38.7 Å². The Labute approximate surface area is 141 Å². The highest BCUT2D eigenvalue weighted by Crippen LogP contribution is 2.15. The molecule has 3 atom stereocenters. The Morgan fingerprint density at radius 3 is 2.96 bits per heavy atom. The van der Waals surface area contributed by atoms with Gasteiger partial charge in [-0.1, -0.05) is 13.3 Å². The van der Waals surface area contributed by atoms with E-state index in [4.69, 9.17) is 9.47 Å². The maximum Gasteiger partial charge on any atom is 0.191 e. The average Bonchev–Trinajstić information content (AvgIpc) is 3.10. The van der Waals surface area contributed by atoms with E-state index in [2.05, 4.69) is 34.4 Å². The minimum atomic E-state index is 0.232. The van der Waals surface area contributed by atoms with Gasteiger partial charge in [-0.25, -0.2) is 0 Å². The number of likely N-dealkylation sites (N-methyl/N-ethyl adjacent to an activating group) is 1. The van der Waals surface area contributed by atoms with Crippen LogP contribution < -0.4 is 10.6 Å². The fourth-order valence-corrected chi connectivity index (χ4v) is 3.32. The number of hydrogen-bond donors (Lipinski definition) is 2. The van der Waals surface area contributed by atoms with Gasteiger partial charge < -0.3 is 20.1 Å². The molecule has 0 spiro atoms. The molecule has 2 fully saturated rings. The molecular formula is C17H34N4O2. The Kier molecular flexibility index (Phi) is 8.12. The number of hydrogen-bond acceptors (Lipinski definition) is 4. The van der Waals surface area contributed by atoms with E-state index in [-0.39, 0.29) is 12.1 Å². The second-order valence-corrected chi connectivity index (χ2v) is 6.60. The minimum absolute atomic E-state index is 0.232. The molecule has 0 saturated carbocycles. The Hall–Kier alpha value is -0.850. The summed E-state index contributed by atoms with van der Waals surface area (Å²) in [7, 11) is 1.83. The van der Waals surface area contributed by atoms with Crippen LogP contribution in [-0.4, -0.2) is 75.5 Å². The summed E-state index contributed by atoms with van der Waals surface area (Å²) in [5.74, 6) is 0.866. The molecule has 2 N–H and O–H groups in total. The van der Waals surface area contributed by atoms with Crippen LogP contribution in [-0.2, 0) is 9.47 Å². The Morgan fingerprint density at radius 2 is 2.26 bits per heavy atom. The van der Waals surface area contributed by atoms with E-state index in [1.165, 1.54) is 25.8 Å². The van der Waals surface area contributed by atoms with Crippen molar-refractivity contribution in [3.63, 3.8) is 0 Å². The van der Waals surface area contributed by atoms with Gasteiger partial charge >= 0.3 is 0 Å².